The molecule has 0 saturated carbocycles. The Hall–Kier alpha value is -3.16. The van der Waals surface area contributed by atoms with Gasteiger partial charge in [-0.3, -0.25) is 19.4 Å². The van der Waals surface area contributed by atoms with E-state index in [1.807, 2.05) is 48.5 Å². The minimum Gasteiger partial charge on any atom is -0.487 e. The van der Waals surface area contributed by atoms with E-state index in [0.29, 0.717) is 28.3 Å². The molecule has 0 aliphatic carbocycles. The fourth-order valence-electron chi connectivity index (χ4n) is 4.07. The first-order valence-corrected chi connectivity index (χ1v) is 14.3. The van der Waals surface area contributed by atoms with E-state index in [1.54, 1.807) is 48.5 Å². The van der Waals surface area contributed by atoms with Gasteiger partial charge < -0.3 is 4.74 Å². The topological polar surface area (TPSA) is 49.9 Å². The molecule has 0 spiro atoms. The monoisotopic (exact) mass is 760 g/mol. The number of hydrogen-bond acceptors (Lipinski definition) is 4. The van der Waals surface area contributed by atoms with E-state index in [0.717, 1.165) is 7.14 Å². The molecule has 5 nitrogen and oxygen atoms in total. The molecule has 0 bridgehead atoms. The highest BCUT2D eigenvalue weighted by atomic mass is 127. The largest absolute Gasteiger partial charge is 0.487 e. The maximum absolute atomic E-state index is 14.1. The van der Waals surface area contributed by atoms with Crippen LogP contribution in [-0.2, 0) is 16.2 Å². The molecule has 4 aromatic rings. The standard InChI is InChI=1S/C30H19FI2N2O3S/c31-24-14-8-7-9-20(24)18-38-27-25(32)16-19(17-26(27)33)15-23-28(36)34(21-10-3-1-4-11-21)30(39)35(29(23)37)22-12-5-2-6-13-22/h1-17H,18H2. The van der Waals surface area contributed by atoms with E-state index in [9.17, 15) is 14.0 Å². The second-order valence-electron chi connectivity index (χ2n) is 8.49. The number of nitrogens with zero attached hydrogens (tertiary/aromatic N) is 2. The van der Waals surface area contributed by atoms with Crippen LogP contribution in [0.15, 0.2) is 103 Å². The highest BCUT2D eigenvalue weighted by molar-refractivity contribution is 14.1. The molecule has 1 aliphatic rings. The Morgan fingerprint density at radius 2 is 1.26 bits per heavy atom. The zero-order valence-electron chi connectivity index (χ0n) is 20.2. The lowest BCUT2D eigenvalue weighted by molar-refractivity contribution is -0.120. The predicted molar refractivity (Wildman–Crippen MR) is 171 cm³/mol. The zero-order valence-corrected chi connectivity index (χ0v) is 25.3. The highest BCUT2D eigenvalue weighted by Gasteiger charge is 2.41. The number of rotatable bonds is 6. The summed E-state index contributed by atoms with van der Waals surface area (Å²) >= 11 is 9.93. The van der Waals surface area contributed by atoms with Gasteiger partial charge in [0.05, 0.1) is 18.5 Å². The molecule has 194 valence electrons. The minimum absolute atomic E-state index is 0.0251. The summed E-state index contributed by atoms with van der Waals surface area (Å²) in [5.74, 6) is -0.746. The van der Waals surface area contributed by atoms with Crippen LogP contribution in [0.1, 0.15) is 11.1 Å². The van der Waals surface area contributed by atoms with E-state index in [-0.39, 0.29) is 23.1 Å². The van der Waals surface area contributed by atoms with Crippen molar-refractivity contribution >= 4 is 91.8 Å². The second kappa shape index (κ2) is 11.9. The summed E-state index contributed by atoms with van der Waals surface area (Å²) in [5.41, 5.74) is 2.20. The van der Waals surface area contributed by atoms with Crippen LogP contribution < -0.4 is 14.5 Å². The number of halogens is 3. The average Bonchev–Trinajstić information content (AvgIpc) is 2.93. The molecule has 0 unspecified atom stereocenters. The van der Waals surface area contributed by atoms with Gasteiger partial charge in [-0.2, -0.15) is 0 Å². The molecule has 0 atom stereocenters. The Balaban J connectivity index is 1.52. The Morgan fingerprint density at radius 1 is 0.769 bits per heavy atom. The number of para-hydroxylation sites is 2. The van der Waals surface area contributed by atoms with E-state index in [1.165, 1.54) is 15.9 Å². The van der Waals surface area contributed by atoms with Gasteiger partial charge in [-0.1, -0.05) is 54.6 Å². The molecule has 0 aromatic heterocycles. The van der Waals surface area contributed by atoms with Crippen LogP contribution in [0.25, 0.3) is 6.08 Å². The molecule has 5 rings (SSSR count). The van der Waals surface area contributed by atoms with Crippen molar-refractivity contribution in [2.24, 2.45) is 0 Å². The normalized spacial score (nSPS) is 13.6. The Bertz CT molecular complexity index is 1530. The number of hydrogen-bond donors (Lipinski definition) is 0. The maximum atomic E-state index is 14.1. The first-order chi connectivity index (χ1) is 18.8. The molecular weight excluding hydrogens is 741 g/mol. The molecule has 1 heterocycles. The van der Waals surface area contributed by atoms with Gasteiger partial charge in [0.2, 0.25) is 0 Å². The van der Waals surface area contributed by atoms with Crippen LogP contribution >= 0.6 is 57.4 Å². The molecule has 9 heteroatoms. The summed E-state index contributed by atoms with van der Waals surface area (Å²) < 4.78 is 21.5. The summed E-state index contributed by atoms with van der Waals surface area (Å²) in [5, 5.41) is 0.0839. The number of benzene rings is 4. The summed E-state index contributed by atoms with van der Waals surface area (Å²) in [6.45, 7) is 0.0750. The Kier molecular flexibility index (Phi) is 8.38. The first kappa shape index (κ1) is 27.4. The van der Waals surface area contributed by atoms with Crippen LogP contribution in [0, 0.1) is 13.0 Å². The molecule has 1 aliphatic heterocycles. The lowest BCUT2D eigenvalue weighted by Crippen LogP contribution is -2.56. The summed E-state index contributed by atoms with van der Waals surface area (Å²) in [4.78, 5) is 30.2. The van der Waals surface area contributed by atoms with Gasteiger partial charge in [0, 0.05) is 5.56 Å². The number of anilines is 2. The fraction of sp³-hybridized carbons (Fsp3) is 0.0333. The molecule has 1 fully saturated rings. The second-order valence-corrected chi connectivity index (χ2v) is 11.2. The van der Waals surface area contributed by atoms with Crippen molar-refractivity contribution in [3.05, 3.63) is 127 Å². The van der Waals surface area contributed by atoms with Gasteiger partial charge in [0.1, 0.15) is 23.7 Å². The molecule has 0 radical (unpaired) electrons. The average molecular weight is 760 g/mol. The third-order valence-electron chi connectivity index (χ3n) is 5.94. The zero-order chi connectivity index (χ0) is 27.5. The Morgan fingerprint density at radius 3 is 1.77 bits per heavy atom. The van der Waals surface area contributed by atoms with Gasteiger partial charge in [-0.05, 0) is 112 Å². The van der Waals surface area contributed by atoms with Gasteiger partial charge >= 0.3 is 0 Å². The van der Waals surface area contributed by atoms with Gasteiger partial charge in [-0.25, -0.2) is 4.39 Å². The smallest absolute Gasteiger partial charge is 0.270 e. The molecule has 2 amide bonds. The SMILES string of the molecule is O=C1C(=Cc2cc(I)c(OCc3ccccc3F)c(I)c2)C(=O)N(c2ccccc2)C(=S)N1c1ccccc1. The van der Waals surface area contributed by atoms with Crippen molar-refractivity contribution in [1.29, 1.82) is 0 Å². The van der Waals surface area contributed by atoms with E-state index in [4.69, 9.17) is 17.0 Å². The molecule has 0 N–H and O–H groups in total. The summed E-state index contributed by atoms with van der Waals surface area (Å²) in [7, 11) is 0. The van der Waals surface area contributed by atoms with Crippen LogP contribution in [-0.4, -0.2) is 16.9 Å². The van der Waals surface area contributed by atoms with Gasteiger partial charge in [0.15, 0.2) is 5.11 Å². The van der Waals surface area contributed by atoms with Crippen molar-refractivity contribution in [2.45, 2.75) is 6.61 Å². The first-order valence-electron chi connectivity index (χ1n) is 11.7. The Labute approximate surface area is 257 Å². The van der Waals surface area contributed by atoms with E-state index >= 15 is 0 Å². The predicted octanol–water partition coefficient (Wildman–Crippen LogP) is 7.36. The number of ether oxygens (including phenoxy) is 1. The highest BCUT2D eigenvalue weighted by Crippen LogP contribution is 2.33. The summed E-state index contributed by atoms with van der Waals surface area (Å²) in [6.07, 6.45) is 1.57. The number of carbonyl (C=O) groups is 2. The van der Waals surface area contributed by atoms with Crippen molar-refractivity contribution in [1.82, 2.24) is 0 Å². The number of thiocarbonyl (C=S) groups is 1. The van der Waals surface area contributed by atoms with Gasteiger partial charge in [0.25, 0.3) is 11.8 Å². The van der Waals surface area contributed by atoms with Crippen LogP contribution in [0.4, 0.5) is 15.8 Å². The van der Waals surface area contributed by atoms with Crippen molar-refractivity contribution in [2.75, 3.05) is 9.80 Å². The molecule has 39 heavy (non-hydrogen) atoms. The third-order valence-corrected chi connectivity index (χ3v) is 7.91. The third kappa shape index (κ3) is 5.75. The van der Waals surface area contributed by atoms with Crippen LogP contribution in [0.3, 0.4) is 0 Å². The molecule has 1 saturated heterocycles. The van der Waals surface area contributed by atoms with Crippen molar-refractivity contribution in [3.63, 3.8) is 0 Å². The van der Waals surface area contributed by atoms with E-state index in [2.05, 4.69) is 45.2 Å². The number of carbonyl (C=O) groups excluding carboxylic acids is 2. The van der Waals surface area contributed by atoms with E-state index < -0.39 is 11.8 Å². The molecule has 4 aromatic carbocycles. The minimum atomic E-state index is -0.506. The quantitative estimate of drug-likeness (QED) is 0.0893. The maximum Gasteiger partial charge on any atom is 0.270 e. The number of amides is 2. The van der Waals surface area contributed by atoms with Crippen LogP contribution in [0.5, 0.6) is 5.75 Å². The van der Waals surface area contributed by atoms with Crippen molar-refractivity contribution in [3.8, 4) is 5.75 Å². The van der Waals surface area contributed by atoms with Crippen LogP contribution in [0.2, 0.25) is 0 Å². The lowest BCUT2D eigenvalue weighted by Gasteiger charge is -2.36. The van der Waals surface area contributed by atoms with Crippen molar-refractivity contribution < 1.29 is 18.7 Å². The fourth-order valence-corrected chi connectivity index (χ4v) is 6.58. The van der Waals surface area contributed by atoms with Gasteiger partial charge in [-0.15, -0.1) is 0 Å². The summed E-state index contributed by atoms with van der Waals surface area (Å²) in [6, 6.07) is 28.1. The lowest BCUT2D eigenvalue weighted by atomic mass is 10.0. The molecular formula is C30H19FI2N2O3S.